The summed E-state index contributed by atoms with van der Waals surface area (Å²) in [6.45, 7) is 0. The van der Waals surface area contributed by atoms with Gasteiger partial charge in [-0.3, -0.25) is 14.2 Å². The number of carbonyl (C=O) groups excluding carboxylic acids is 2. The first-order valence-corrected chi connectivity index (χ1v) is 10.2. The van der Waals surface area contributed by atoms with Crippen LogP contribution in [0.2, 0.25) is 10.0 Å². The Bertz CT molecular complexity index is 1390. The molecule has 0 aliphatic rings. The summed E-state index contributed by atoms with van der Waals surface area (Å²) in [5.41, 5.74) is 4.85. The van der Waals surface area contributed by atoms with E-state index in [0.717, 1.165) is 16.7 Å². The van der Waals surface area contributed by atoms with Crippen LogP contribution in [0.4, 0.5) is 14.5 Å². The summed E-state index contributed by atoms with van der Waals surface area (Å²) in [5.74, 6) is -2.56. The quantitative estimate of drug-likeness (QED) is 0.258. The average Bonchev–Trinajstić information content (AvgIpc) is 3.11. The Hall–Kier alpha value is -2.81. The first kappa shape index (κ1) is 21.4. The van der Waals surface area contributed by atoms with E-state index in [1.54, 1.807) is 6.07 Å². The number of hydrogen-bond acceptors (Lipinski definition) is 4. The highest BCUT2D eigenvalue weighted by atomic mass is 79.9. The molecule has 0 unspecified atom stereocenters. The Morgan fingerprint density at radius 3 is 2.45 bits per heavy atom. The van der Waals surface area contributed by atoms with Crippen LogP contribution in [0.5, 0.6) is 0 Å². The van der Waals surface area contributed by atoms with Gasteiger partial charge in [-0.1, -0.05) is 29.3 Å². The number of nitrogens with two attached hydrogens (primary N) is 1. The number of anilines is 1. The molecule has 156 valence electrons. The van der Waals surface area contributed by atoms with Crippen molar-refractivity contribution in [3.05, 3.63) is 80.0 Å². The smallest absolute Gasteiger partial charge is 0.266 e. The minimum Gasteiger partial charge on any atom is -0.396 e. The van der Waals surface area contributed by atoms with Crippen LogP contribution in [0, 0.1) is 11.6 Å². The van der Waals surface area contributed by atoms with Crippen molar-refractivity contribution < 1.29 is 18.4 Å². The number of pyridine rings is 1. The molecule has 0 spiro atoms. The third kappa shape index (κ3) is 3.40. The van der Waals surface area contributed by atoms with Crippen molar-refractivity contribution in [2.24, 2.45) is 0 Å². The van der Waals surface area contributed by atoms with Crippen LogP contribution in [-0.4, -0.2) is 21.7 Å². The zero-order valence-electron chi connectivity index (χ0n) is 15.3. The van der Waals surface area contributed by atoms with Crippen LogP contribution in [0.15, 0.2) is 47.2 Å². The van der Waals surface area contributed by atoms with Crippen LogP contribution >= 0.6 is 39.1 Å². The summed E-state index contributed by atoms with van der Waals surface area (Å²) in [7, 11) is 0. The fraction of sp³-hybridized carbons (Fsp3) is 0. The van der Waals surface area contributed by atoms with Crippen molar-refractivity contribution in [1.82, 2.24) is 9.55 Å². The van der Waals surface area contributed by atoms with Crippen molar-refractivity contribution >= 4 is 68.0 Å². The van der Waals surface area contributed by atoms with Crippen molar-refractivity contribution in [3.63, 3.8) is 0 Å². The number of aldehydes is 1. The van der Waals surface area contributed by atoms with E-state index < -0.39 is 23.1 Å². The number of nitrogen functional groups attached to an aromatic ring is 1. The lowest BCUT2D eigenvalue weighted by atomic mass is 10.00. The number of benzene rings is 2. The topological polar surface area (TPSA) is 78.0 Å². The second-order valence-corrected chi connectivity index (χ2v) is 8.15. The van der Waals surface area contributed by atoms with Gasteiger partial charge in [0.25, 0.3) is 5.91 Å². The van der Waals surface area contributed by atoms with Gasteiger partial charge in [-0.2, -0.15) is 0 Å². The molecular formula is C21H10BrCl2F2N3O2. The molecule has 31 heavy (non-hydrogen) atoms. The Morgan fingerprint density at radius 1 is 1.13 bits per heavy atom. The van der Waals surface area contributed by atoms with Crippen molar-refractivity contribution in [2.45, 2.75) is 0 Å². The predicted molar refractivity (Wildman–Crippen MR) is 119 cm³/mol. The maximum atomic E-state index is 14.8. The van der Waals surface area contributed by atoms with Gasteiger partial charge in [0.2, 0.25) is 0 Å². The number of hydrogen-bond donors (Lipinski definition) is 1. The van der Waals surface area contributed by atoms with Gasteiger partial charge in [-0.15, -0.1) is 0 Å². The standard InChI is InChI=1S/C21H10BrCl2F2N3O2/c22-10-6-28-20-15(16(10)18-13(25)4-5-14(27)19(18)26)9(8-30)7-29(20)21(31)17-11(23)2-1-3-12(17)24/h1-8H,27H2. The number of nitrogens with zero attached hydrogens (tertiary/aromatic N) is 2. The van der Waals surface area contributed by atoms with Gasteiger partial charge in [0.15, 0.2) is 12.1 Å². The number of fused-ring (bicyclic) bond motifs is 1. The number of halogens is 5. The average molecular weight is 525 g/mol. The summed E-state index contributed by atoms with van der Waals surface area (Å²) in [4.78, 5) is 29.2. The van der Waals surface area contributed by atoms with E-state index in [-0.39, 0.29) is 47.9 Å². The molecule has 2 heterocycles. The van der Waals surface area contributed by atoms with Crippen molar-refractivity contribution in [1.29, 1.82) is 0 Å². The fourth-order valence-corrected chi connectivity index (χ4v) is 4.37. The van der Waals surface area contributed by atoms with Gasteiger partial charge >= 0.3 is 0 Å². The molecule has 0 radical (unpaired) electrons. The summed E-state index contributed by atoms with van der Waals surface area (Å²) in [6.07, 6.45) is 2.94. The molecule has 0 saturated heterocycles. The molecule has 4 aromatic rings. The first-order valence-electron chi connectivity index (χ1n) is 8.63. The molecule has 0 aliphatic carbocycles. The van der Waals surface area contributed by atoms with Crippen LogP contribution in [0.1, 0.15) is 20.7 Å². The van der Waals surface area contributed by atoms with Crippen LogP contribution in [0.3, 0.4) is 0 Å². The van der Waals surface area contributed by atoms with E-state index in [1.807, 2.05) is 0 Å². The monoisotopic (exact) mass is 523 g/mol. The second-order valence-electron chi connectivity index (χ2n) is 6.48. The largest absolute Gasteiger partial charge is 0.396 e. The number of carbonyl (C=O) groups is 2. The molecule has 2 aromatic carbocycles. The lowest BCUT2D eigenvalue weighted by Gasteiger charge is -2.12. The summed E-state index contributed by atoms with van der Waals surface area (Å²) in [5, 5.41) is 0.249. The summed E-state index contributed by atoms with van der Waals surface area (Å²) in [6, 6.07) is 6.65. The second kappa shape index (κ2) is 8.03. The molecule has 4 rings (SSSR count). The third-order valence-corrected chi connectivity index (χ3v) is 5.92. The maximum absolute atomic E-state index is 14.8. The maximum Gasteiger partial charge on any atom is 0.266 e. The normalized spacial score (nSPS) is 11.1. The van der Waals surface area contributed by atoms with Gasteiger partial charge < -0.3 is 5.73 Å². The lowest BCUT2D eigenvalue weighted by Crippen LogP contribution is -2.13. The lowest BCUT2D eigenvalue weighted by molar-refractivity contribution is 0.0964. The zero-order chi connectivity index (χ0) is 22.4. The molecule has 10 heteroatoms. The Kier molecular flexibility index (Phi) is 5.55. The Balaban J connectivity index is 2.09. The van der Waals surface area contributed by atoms with E-state index in [4.69, 9.17) is 28.9 Å². The molecule has 0 atom stereocenters. The van der Waals surface area contributed by atoms with Gasteiger partial charge in [0, 0.05) is 33.4 Å². The van der Waals surface area contributed by atoms with Crippen LogP contribution in [0.25, 0.3) is 22.2 Å². The minimum atomic E-state index is -1.00. The minimum absolute atomic E-state index is 0.00670. The molecule has 0 amide bonds. The molecule has 0 fully saturated rings. The fourth-order valence-electron chi connectivity index (χ4n) is 3.31. The van der Waals surface area contributed by atoms with Gasteiger partial charge in [-0.05, 0) is 40.2 Å². The highest BCUT2D eigenvalue weighted by Gasteiger charge is 2.26. The van der Waals surface area contributed by atoms with Crippen LogP contribution in [-0.2, 0) is 0 Å². The number of rotatable bonds is 3. The van der Waals surface area contributed by atoms with Gasteiger partial charge in [0.1, 0.15) is 11.5 Å². The van der Waals surface area contributed by atoms with E-state index in [1.165, 1.54) is 24.5 Å². The van der Waals surface area contributed by atoms with E-state index >= 15 is 0 Å². The first-order chi connectivity index (χ1) is 14.8. The zero-order valence-corrected chi connectivity index (χ0v) is 18.4. The van der Waals surface area contributed by atoms with Crippen LogP contribution < -0.4 is 5.73 Å². The highest BCUT2D eigenvalue weighted by Crippen LogP contribution is 2.41. The van der Waals surface area contributed by atoms with Crippen molar-refractivity contribution in [3.8, 4) is 11.1 Å². The Labute approximate surface area is 192 Å². The molecule has 2 N–H and O–H groups in total. The van der Waals surface area contributed by atoms with Gasteiger partial charge in [-0.25, -0.2) is 13.8 Å². The van der Waals surface area contributed by atoms with Crippen molar-refractivity contribution in [2.75, 3.05) is 5.73 Å². The third-order valence-electron chi connectivity index (χ3n) is 4.69. The van der Waals surface area contributed by atoms with E-state index in [2.05, 4.69) is 20.9 Å². The van der Waals surface area contributed by atoms with E-state index in [9.17, 15) is 18.4 Å². The number of aromatic nitrogens is 2. The molecule has 0 bridgehead atoms. The molecule has 0 saturated carbocycles. The molecular weight excluding hydrogens is 515 g/mol. The summed E-state index contributed by atoms with van der Waals surface area (Å²) < 4.78 is 30.7. The SMILES string of the molecule is Nc1ccc(F)c(-c2c(Br)cnc3c2c(C=O)cn3C(=O)c2c(Cl)cccc2Cl)c1F. The van der Waals surface area contributed by atoms with E-state index in [0.29, 0.717) is 6.29 Å². The molecule has 2 aromatic heterocycles. The molecule has 0 aliphatic heterocycles. The molecule has 5 nitrogen and oxygen atoms in total. The highest BCUT2D eigenvalue weighted by molar-refractivity contribution is 9.10. The van der Waals surface area contributed by atoms with Gasteiger partial charge in [0.05, 0.1) is 26.9 Å². The predicted octanol–water partition coefficient (Wildman–Crippen LogP) is 6.13. The summed E-state index contributed by atoms with van der Waals surface area (Å²) >= 11 is 15.5. The Morgan fingerprint density at radius 2 is 1.81 bits per heavy atom.